The largest absolute Gasteiger partial charge is 0.346 e. The van der Waals surface area contributed by atoms with Gasteiger partial charge in [-0.15, -0.1) is 0 Å². The van der Waals surface area contributed by atoms with Crippen LogP contribution in [0.25, 0.3) is 0 Å². The van der Waals surface area contributed by atoms with Crippen LogP contribution < -0.4 is 4.90 Å². The molecule has 2 fully saturated rings. The van der Waals surface area contributed by atoms with E-state index >= 15 is 0 Å². The van der Waals surface area contributed by atoms with Crippen LogP contribution in [-0.2, 0) is 4.79 Å². The van der Waals surface area contributed by atoms with Gasteiger partial charge in [0.05, 0.1) is 5.92 Å². The Morgan fingerprint density at radius 1 is 1.20 bits per heavy atom. The molecule has 0 aliphatic carbocycles. The number of piperidine rings is 2. The minimum atomic E-state index is 0.144. The van der Waals surface area contributed by atoms with Crippen molar-refractivity contribution in [2.45, 2.75) is 39.0 Å². The molecule has 1 amide bonds. The first-order valence-corrected chi connectivity index (χ1v) is 8.35. The van der Waals surface area contributed by atoms with E-state index in [2.05, 4.69) is 19.2 Å². The van der Waals surface area contributed by atoms with Gasteiger partial charge in [-0.05, 0) is 39.0 Å². The third-order valence-electron chi connectivity index (χ3n) is 4.23. The molecular weight excluding hydrogens is 272 g/mol. The molecule has 0 spiro atoms. The second-order valence-electron chi connectivity index (χ2n) is 5.80. The normalized spacial score (nSPS) is 23.9. The van der Waals surface area contributed by atoms with Crippen molar-refractivity contribution in [3.63, 3.8) is 0 Å². The summed E-state index contributed by atoms with van der Waals surface area (Å²) in [6, 6.07) is 0. The van der Waals surface area contributed by atoms with E-state index in [1.165, 1.54) is 18.0 Å². The zero-order chi connectivity index (χ0) is 13.9. The van der Waals surface area contributed by atoms with Crippen LogP contribution in [0.3, 0.4) is 0 Å². The van der Waals surface area contributed by atoms with E-state index in [-0.39, 0.29) is 5.92 Å². The molecule has 0 N–H and O–H groups in total. The van der Waals surface area contributed by atoms with Crippen molar-refractivity contribution in [2.24, 2.45) is 5.92 Å². The molecule has 110 valence electrons. The predicted octanol–water partition coefficient (Wildman–Crippen LogP) is 2.08. The maximum atomic E-state index is 12.6. The number of carbonyl (C=O) groups excluding carboxylic acids is 1. The Labute approximate surface area is 124 Å². The lowest BCUT2D eigenvalue weighted by Gasteiger charge is -2.36. The molecule has 2 aliphatic heterocycles. The number of hydrogen-bond donors (Lipinski definition) is 0. The van der Waals surface area contributed by atoms with E-state index in [9.17, 15) is 4.79 Å². The highest BCUT2D eigenvalue weighted by Gasteiger charge is 2.30. The van der Waals surface area contributed by atoms with Crippen molar-refractivity contribution in [1.82, 2.24) is 14.3 Å². The van der Waals surface area contributed by atoms with Crippen molar-refractivity contribution >= 4 is 22.6 Å². The molecule has 3 heterocycles. The van der Waals surface area contributed by atoms with Gasteiger partial charge in [0.1, 0.15) is 5.82 Å². The zero-order valence-corrected chi connectivity index (χ0v) is 12.9. The monoisotopic (exact) mass is 294 g/mol. The second-order valence-corrected chi connectivity index (χ2v) is 6.53. The molecule has 20 heavy (non-hydrogen) atoms. The Bertz CT molecular complexity index is 469. The fourth-order valence-electron chi connectivity index (χ4n) is 3.14. The summed E-state index contributed by atoms with van der Waals surface area (Å²) in [5.74, 6) is 1.33. The van der Waals surface area contributed by atoms with Crippen LogP contribution in [0.5, 0.6) is 0 Å². The smallest absolute Gasteiger partial charge is 0.227 e. The van der Waals surface area contributed by atoms with E-state index in [4.69, 9.17) is 0 Å². The third kappa shape index (κ3) is 2.95. The Morgan fingerprint density at radius 2 is 2.00 bits per heavy atom. The van der Waals surface area contributed by atoms with Crippen molar-refractivity contribution in [3.8, 4) is 0 Å². The number of nitrogens with zero attached hydrogens (tertiary/aromatic N) is 4. The quantitative estimate of drug-likeness (QED) is 0.838. The summed E-state index contributed by atoms with van der Waals surface area (Å²) in [5.41, 5.74) is 0. The van der Waals surface area contributed by atoms with Gasteiger partial charge in [-0.3, -0.25) is 4.79 Å². The Balaban J connectivity index is 1.63. The lowest BCUT2D eigenvalue weighted by molar-refractivity contribution is -0.136. The average Bonchev–Trinajstić information content (AvgIpc) is 2.94. The molecule has 0 aromatic carbocycles. The first-order chi connectivity index (χ1) is 9.74. The summed E-state index contributed by atoms with van der Waals surface area (Å²) in [7, 11) is 0. The summed E-state index contributed by atoms with van der Waals surface area (Å²) >= 11 is 1.45. The zero-order valence-electron chi connectivity index (χ0n) is 12.0. The van der Waals surface area contributed by atoms with E-state index in [0.717, 1.165) is 62.8 Å². The van der Waals surface area contributed by atoms with Gasteiger partial charge < -0.3 is 9.80 Å². The lowest BCUT2D eigenvalue weighted by Crippen LogP contribution is -2.46. The van der Waals surface area contributed by atoms with E-state index in [1.807, 2.05) is 6.92 Å². The number of likely N-dealkylation sites (tertiary alicyclic amines) is 1. The molecule has 0 saturated carbocycles. The van der Waals surface area contributed by atoms with Gasteiger partial charge in [0.2, 0.25) is 11.0 Å². The van der Waals surface area contributed by atoms with Crippen LogP contribution in [-0.4, -0.2) is 46.3 Å². The number of anilines is 1. The van der Waals surface area contributed by atoms with Gasteiger partial charge in [-0.1, -0.05) is 0 Å². The summed E-state index contributed by atoms with van der Waals surface area (Å²) in [5, 5.41) is 0.971. The lowest BCUT2D eigenvalue weighted by atomic mass is 9.96. The molecule has 1 unspecified atom stereocenters. The molecule has 1 atom stereocenters. The van der Waals surface area contributed by atoms with Crippen LogP contribution in [0.2, 0.25) is 0 Å². The highest BCUT2D eigenvalue weighted by Crippen LogP contribution is 2.26. The van der Waals surface area contributed by atoms with Crippen LogP contribution in [0.4, 0.5) is 5.13 Å². The molecule has 0 bridgehead atoms. The summed E-state index contributed by atoms with van der Waals surface area (Å²) in [4.78, 5) is 21.4. The first kappa shape index (κ1) is 13.8. The summed E-state index contributed by atoms with van der Waals surface area (Å²) in [6.45, 7) is 5.63. The topological polar surface area (TPSA) is 49.3 Å². The summed E-state index contributed by atoms with van der Waals surface area (Å²) < 4.78 is 4.25. The molecule has 5 nitrogen and oxygen atoms in total. The fraction of sp³-hybridized carbons (Fsp3) is 0.786. The molecule has 0 radical (unpaired) electrons. The highest BCUT2D eigenvalue weighted by molar-refractivity contribution is 7.09. The molecule has 3 rings (SSSR count). The number of aromatic nitrogens is 2. The highest BCUT2D eigenvalue weighted by atomic mass is 32.1. The van der Waals surface area contributed by atoms with Crippen molar-refractivity contribution in [3.05, 3.63) is 5.82 Å². The van der Waals surface area contributed by atoms with Gasteiger partial charge in [0.15, 0.2) is 0 Å². The predicted molar refractivity (Wildman–Crippen MR) is 80.0 cm³/mol. The molecule has 1 aromatic heterocycles. The van der Waals surface area contributed by atoms with Gasteiger partial charge in [-0.2, -0.15) is 4.37 Å². The molecule has 6 heteroatoms. The van der Waals surface area contributed by atoms with Gasteiger partial charge in [0, 0.05) is 37.7 Å². The molecule has 2 saturated heterocycles. The summed E-state index contributed by atoms with van der Waals surface area (Å²) in [6.07, 6.45) is 5.69. The van der Waals surface area contributed by atoms with Gasteiger partial charge in [-0.25, -0.2) is 4.98 Å². The molecule has 1 aromatic rings. The maximum Gasteiger partial charge on any atom is 0.227 e. The van der Waals surface area contributed by atoms with Crippen LogP contribution in [0.15, 0.2) is 0 Å². The van der Waals surface area contributed by atoms with Crippen molar-refractivity contribution in [1.29, 1.82) is 0 Å². The Morgan fingerprint density at radius 3 is 2.70 bits per heavy atom. The Kier molecular flexibility index (Phi) is 4.19. The van der Waals surface area contributed by atoms with Crippen LogP contribution in [0, 0.1) is 12.8 Å². The van der Waals surface area contributed by atoms with E-state index in [1.54, 1.807) is 0 Å². The number of aryl methyl sites for hydroxylation is 1. The Hall–Kier alpha value is -1.17. The average molecular weight is 294 g/mol. The number of rotatable bonds is 2. The van der Waals surface area contributed by atoms with E-state index < -0.39 is 0 Å². The number of amides is 1. The third-order valence-corrected chi connectivity index (χ3v) is 5.09. The maximum absolute atomic E-state index is 12.6. The van der Waals surface area contributed by atoms with Crippen LogP contribution in [0.1, 0.15) is 37.9 Å². The van der Waals surface area contributed by atoms with Gasteiger partial charge >= 0.3 is 0 Å². The number of carbonyl (C=O) groups is 1. The van der Waals surface area contributed by atoms with Gasteiger partial charge in [0.25, 0.3) is 0 Å². The minimum Gasteiger partial charge on any atom is -0.346 e. The van der Waals surface area contributed by atoms with Crippen LogP contribution >= 0.6 is 11.5 Å². The van der Waals surface area contributed by atoms with E-state index in [0.29, 0.717) is 5.91 Å². The molecule has 2 aliphatic rings. The first-order valence-electron chi connectivity index (χ1n) is 7.58. The van der Waals surface area contributed by atoms with Crippen molar-refractivity contribution in [2.75, 3.05) is 31.1 Å². The standard InChI is InChI=1S/C14H22N4OS/c1-11-15-14(20-16-11)18-9-5-6-12(10-18)13(19)17-7-3-2-4-8-17/h12H,2-10H2,1H3. The molecular formula is C14H22N4OS. The second kappa shape index (κ2) is 6.08. The minimum absolute atomic E-state index is 0.144. The fourth-order valence-corrected chi connectivity index (χ4v) is 3.85. The van der Waals surface area contributed by atoms with Crippen molar-refractivity contribution < 1.29 is 4.79 Å². The number of hydrogen-bond acceptors (Lipinski definition) is 5. The SMILES string of the molecule is Cc1nsc(N2CCCC(C(=O)N3CCCCC3)C2)n1.